The molecular weight excluding hydrogens is 417 g/mol. The Morgan fingerprint density at radius 1 is 1.09 bits per heavy atom. The largest absolute Gasteiger partial charge is 0.493 e. The van der Waals surface area contributed by atoms with Gasteiger partial charge in [0.15, 0.2) is 11.5 Å². The molecule has 1 saturated heterocycles. The van der Waals surface area contributed by atoms with Gasteiger partial charge in [-0.15, -0.1) is 0 Å². The van der Waals surface area contributed by atoms with Crippen molar-refractivity contribution in [1.82, 2.24) is 15.0 Å². The first-order chi connectivity index (χ1) is 15.5. The Kier molecular flexibility index (Phi) is 6.25. The van der Waals surface area contributed by atoms with Crippen LogP contribution in [-0.4, -0.2) is 55.4 Å². The molecule has 9 heteroatoms. The second-order valence-electron chi connectivity index (χ2n) is 7.47. The van der Waals surface area contributed by atoms with Crippen LogP contribution in [0.1, 0.15) is 35.0 Å². The molecule has 0 N–H and O–H groups in total. The molecule has 4 rings (SSSR count). The fourth-order valence-electron chi connectivity index (χ4n) is 3.87. The van der Waals surface area contributed by atoms with Crippen molar-refractivity contribution < 1.29 is 27.9 Å². The number of rotatable bonds is 6. The van der Waals surface area contributed by atoms with Crippen LogP contribution < -0.4 is 14.2 Å². The van der Waals surface area contributed by atoms with E-state index in [1.54, 1.807) is 17.0 Å². The number of aromatic nitrogens is 2. The molecule has 0 spiro atoms. The summed E-state index contributed by atoms with van der Waals surface area (Å²) >= 11 is 0. The van der Waals surface area contributed by atoms with Crippen molar-refractivity contribution in [2.24, 2.45) is 0 Å². The van der Waals surface area contributed by atoms with E-state index >= 15 is 0 Å². The van der Waals surface area contributed by atoms with Gasteiger partial charge in [-0.25, -0.2) is 4.39 Å². The molecule has 1 atom stereocenters. The van der Waals surface area contributed by atoms with Crippen molar-refractivity contribution >= 4 is 5.91 Å². The van der Waals surface area contributed by atoms with Crippen molar-refractivity contribution in [1.29, 1.82) is 0 Å². The standard InChI is InChI=1S/C23H24FN3O5/c1-29-18-11-16(12-19(30-2)20(18)31-3)21-25-22(32-26-21)15-5-4-10-27(13-15)23(28)14-6-8-17(24)9-7-14/h6-9,11-12,15H,4-5,10,13H2,1-3H3. The third-order valence-electron chi connectivity index (χ3n) is 5.51. The number of amides is 1. The van der Waals surface area contributed by atoms with Crippen LogP contribution in [0.2, 0.25) is 0 Å². The summed E-state index contributed by atoms with van der Waals surface area (Å²) in [5.74, 6) is 1.71. The Balaban J connectivity index is 1.54. The average molecular weight is 441 g/mol. The number of nitrogens with zero attached hydrogens (tertiary/aromatic N) is 3. The lowest BCUT2D eigenvalue weighted by molar-refractivity contribution is 0.0695. The molecule has 0 aliphatic carbocycles. The van der Waals surface area contributed by atoms with E-state index in [1.807, 2.05) is 0 Å². The fourth-order valence-corrected chi connectivity index (χ4v) is 3.87. The minimum absolute atomic E-state index is 0.0866. The molecule has 1 amide bonds. The number of methoxy groups -OCH3 is 3. The van der Waals surface area contributed by atoms with Crippen LogP contribution in [-0.2, 0) is 0 Å². The number of piperidine rings is 1. The highest BCUT2D eigenvalue weighted by molar-refractivity contribution is 5.94. The van der Waals surface area contributed by atoms with Crippen LogP contribution in [0.4, 0.5) is 4.39 Å². The monoisotopic (exact) mass is 441 g/mol. The maximum atomic E-state index is 13.2. The number of hydrogen-bond acceptors (Lipinski definition) is 7. The number of hydrogen-bond donors (Lipinski definition) is 0. The third-order valence-corrected chi connectivity index (χ3v) is 5.51. The Morgan fingerprint density at radius 2 is 1.78 bits per heavy atom. The molecule has 1 aromatic heterocycles. The summed E-state index contributed by atoms with van der Waals surface area (Å²) in [6.07, 6.45) is 1.63. The molecule has 1 unspecified atom stereocenters. The van der Waals surface area contributed by atoms with Gasteiger partial charge >= 0.3 is 0 Å². The molecule has 2 heterocycles. The van der Waals surface area contributed by atoms with Crippen LogP contribution in [0.15, 0.2) is 40.9 Å². The molecule has 168 valence electrons. The van der Waals surface area contributed by atoms with Gasteiger partial charge < -0.3 is 23.6 Å². The van der Waals surface area contributed by atoms with Crippen molar-refractivity contribution in [3.05, 3.63) is 53.7 Å². The van der Waals surface area contributed by atoms with Crippen LogP contribution in [0.25, 0.3) is 11.4 Å². The summed E-state index contributed by atoms with van der Waals surface area (Å²) < 4.78 is 34.9. The minimum atomic E-state index is -0.372. The summed E-state index contributed by atoms with van der Waals surface area (Å²) in [6, 6.07) is 9.07. The summed E-state index contributed by atoms with van der Waals surface area (Å²) in [5, 5.41) is 4.12. The Labute approximate surface area is 184 Å². The van der Waals surface area contributed by atoms with Crippen molar-refractivity contribution in [2.75, 3.05) is 34.4 Å². The van der Waals surface area contributed by atoms with Gasteiger partial charge in [-0.3, -0.25) is 4.79 Å². The van der Waals surface area contributed by atoms with E-state index in [1.165, 1.54) is 45.6 Å². The zero-order valence-corrected chi connectivity index (χ0v) is 18.1. The van der Waals surface area contributed by atoms with Crippen molar-refractivity contribution in [2.45, 2.75) is 18.8 Å². The lowest BCUT2D eigenvalue weighted by Gasteiger charge is -2.31. The van der Waals surface area contributed by atoms with E-state index in [4.69, 9.17) is 18.7 Å². The van der Waals surface area contributed by atoms with E-state index in [9.17, 15) is 9.18 Å². The number of carbonyl (C=O) groups is 1. The van der Waals surface area contributed by atoms with E-state index < -0.39 is 0 Å². The van der Waals surface area contributed by atoms with Gasteiger partial charge in [-0.1, -0.05) is 5.16 Å². The SMILES string of the molecule is COc1cc(-c2noc(C3CCCN(C(=O)c4ccc(F)cc4)C3)n2)cc(OC)c1OC. The molecule has 0 saturated carbocycles. The Bertz CT molecular complexity index is 1070. The first-order valence-electron chi connectivity index (χ1n) is 10.2. The summed E-state index contributed by atoms with van der Waals surface area (Å²) in [5.41, 5.74) is 1.11. The molecule has 32 heavy (non-hydrogen) atoms. The zero-order valence-electron chi connectivity index (χ0n) is 18.1. The van der Waals surface area contributed by atoms with Crippen LogP contribution in [0.5, 0.6) is 17.2 Å². The first-order valence-corrected chi connectivity index (χ1v) is 10.2. The Morgan fingerprint density at radius 3 is 2.41 bits per heavy atom. The topological polar surface area (TPSA) is 86.9 Å². The predicted molar refractivity (Wildman–Crippen MR) is 114 cm³/mol. The van der Waals surface area contributed by atoms with Gasteiger partial charge in [-0.2, -0.15) is 4.98 Å². The molecule has 1 aliphatic heterocycles. The van der Waals surface area contributed by atoms with Crippen LogP contribution in [0, 0.1) is 5.82 Å². The van der Waals surface area contributed by atoms with E-state index in [2.05, 4.69) is 10.1 Å². The summed E-state index contributed by atoms with van der Waals surface area (Å²) in [4.78, 5) is 19.1. The maximum Gasteiger partial charge on any atom is 0.253 e. The summed E-state index contributed by atoms with van der Waals surface area (Å²) in [7, 11) is 4.61. The van der Waals surface area contributed by atoms with Crippen LogP contribution in [0.3, 0.4) is 0 Å². The normalized spacial score (nSPS) is 16.0. The Hall–Kier alpha value is -3.62. The van der Waals surface area contributed by atoms with Gasteiger partial charge in [0.1, 0.15) is 5.82 Å². The molecule has 1 fully saturated rings. The number of ether oxygens (including phenoxy) is 3. The average Bonchev–Trinajstić information content (AvgIpc) is 3.33. The van der Waals surface area contributed by atoms with Gasteiger partial charge in [0.25, 0.3) is 5.91 Å². The van der Waals surface area contributed by atoms with Gasteiger partial charge in [0.05, 0.1) is 27.2 Å². The van der Waals surface area contributed by atoms with Crippen molar-refractivity contribution in [3.8, 4) is 28.6 Å². The minimum Gasteiger partial charge on any atom is -0.493 e. The fraction of sp³-hybridized carbons (Fsp3) is 0.348. The van der Waals surface area contributed by atoms with E-state index in [0.29, 0.717) is 53.2 Å². The van der Waals surface area contributed by atoms with Gasteiger partial charge in [0.2, 0.25) is 17.5 Å². The van der Waals surface area contributed by atoms with E-state index in [0.717, 1.165) is 12.8 Å². The third kappa shape index (κ3) is 4.23. The molecule has 0 radical (unpaired) electrons. The summed E-state index contributed by atoms with van der Waals surface area (Å²) in [6.45, 7) is 1.08. The molecule has 3 aromatic rings. The smallest absolute Gasteiger partial charge is 0.253 e. The lowest BCUT2D eigenvalue weighted by atomic mass is 9.97. The molecular formula is C23H24FN3O5. The van der Waals surface area contributed by atoms with Gasteiger partial charge in [0, 0.05) is 24.2 Å². The second-order valence-corrected chi connectivity index (χ2v) is 7.47. The quantitative estimate of drug-likeness (QED) is 0.573. The predicted octanol–water partition coefficient (Wildman–Crippen LogP) is 3.92. The van der Waals surface area contributed by atoms with E-state index in [-0.39, 0.29) is 17.6 Å². The highest BCUT2D eigenvalue weighted by Crippen LogP contribution is 2.41. The highest BCUT2D eigenvalue weighted by atomic mass is 19.1. The zero-order chi connectivity index (χ0) is 22.7. The number of carbonyl (C=O) groups excluding carboxylic acids is 1. The molecule has 0 bridgehead atoms. The lowest BCUT2D eigenvalue weighted by Crippen LogP contribution is -2.39. The number of likely N-dealkylation sites (tertiary alicyclic amines) is 1. The molecule has 2 aromatic carbocycles. The maximum absolute atomic E-state index is 13.2. The van der Waals surface area contributed by atoms with Gasteiger partial charge in [-0.05, 0) is 49.2 Å². The number of benzene rings is 2. The van der Waals surface area contributed by atoms with Crippen LogP contribution >= 0.6 is 0 Å². The highest BCUT2D eigenvalue weighted by Gasteiger charge is 2.29. The van der Waals surface area contributed by atoms with Crippen molar-refractivity contribution in [3.63, 3.8) is 0 Å². The molecule has 1 aliphatic rings. The number of halogens is 1. The second kappa shape index (κ2) is 9.25. The molecule has 8 nitrogen and oxygen atoms in total. The first kappa shape index (κ1) is 21.6.